The molecule has 2 heterocycles. The molecule has 2 aromatic rings. The fraction of sp³-hybridized carbons (Fsp3) is 0.421. The molecule has 0 unspecified atom stereocenters. The van der Waals surface area contributed by atoms with Crippen LogP contribution in [0.3, 0.4) is 0 Å². The molecule has 1 fully saturated rings. The van der Waals surface area contributed by atoms with Gasteiger partial charge in [-0.1, -0.05) is 18.2 Å². The standard InChI is InChI=1S/C19H23N3O4/c23-18(7-4-12-26-17-5-2-1-3-6-17)21-10-8-16(9-11-21)22-14-15(13-20-22)19(24)25/h1-3,5-6,13-14,16H,4,7-12H2,(H,24,25). The van der Waals surface area contributed by atoms with Crippen LogP contribution < -0.4 is 4.74 Å². The minimum atomic E-state index is -0.971. The molecule has 1 amide bonds. The van der Waals surface area contributed by atoms with Gasteiger partial charge >= 0.3 is 5.97 Å². The van der Waals surface area contributed by atoms with E-state index in [0.717, 1.165) is 18.6 Å². The van der Waals surface area contributed by atoms with Gasteiger partial charge in [0, 0.05) is 25.7 Å². The Kier molecular flexibility index (Phi) is 5.88. The molecule has 1 aliphatic heterocycles. The van der Waals surface area contributed by atoms with E-state index in [4.69, 9.17) is 9.84 Å². The average Bonchev–Trinajstić information content (AvgIpc) is 3.17. The fourth-order valence-corrected chi connectivity index (χ4v) is 3.12. The zero-order valence-electron chi connectivity index (χ0n) is 14.6. The van der Waals surface area contributed by atoms with Gasteiger partial charge in [-0.05, 0) is 31.4 Å². The van der Waals surface area contributed by atoms with Crippen LogP contribution in [0.25, 0.3) is 0 Å². The molecule has 0 radical (unpaired) electrons. The van der Waals surface area contributed by atoms with Crippen molar-refractivity contribution >= 4 is 11.9 Å². The van der Waals surface area contributed by atoms with Crippen LogP contribution in [0.2, 0.25) is 0 Å². The first-order valence-electron chi connectivity index (χ1n) is 8.86. The zero-order chi connectivity index (χ0) is 18.4. The van der Waals surface area contributed by atoms with E-state index in [-0.39, 0.29) is 17.5 Å². The van der Waals surface area contributed by atoms with E-state index in [2.05, 4.69) is 5.10 Å². The third kappa shape index (κ3) is 4.62. The Bertz CT molecular complexity index is 736. The molecule has 1 aromatic heterocycles. The largest absolute Gasteiger partial charge is 0.494 e. The number of piperidine rings is 1. The molecule has 7 heteroatoms. The summed E-state index contributed by atoms with van der Waals surface area (Å²) in [5.74, 6) is -0.00546. The minimum Gasteiger partial charge on any atom is -0.494 e. The predicted octanol–water partition coefficient (Wildman–Crippen LogP) is 2.60. The lowest BCUT2D eigenvalue weighted by atomic mass is 10.0. The first kappa shape index (κ1) is 18.0. The number of likely N-dealkylation sites (tertiary alicyclic amines) is 1. The number of para-hydroxylation sites is 1. The molecule has 1 N–H and O–H groups in total. The van der Waals surface area contributed by atoms with E-state index in [1.165, 1.54) is 6.20 Å². The third-order valence-electron chi connectivity index (χ3n) is 4.59. The van der Waals surface area contributed by atoms with Gasteiger partial charge in [0.15, 0.2) is 0 Å². The van der Waals surface area contributed by atoms with Crippen molar-refractivity contribution in [2.24, 2.45) is 0 Å². The lowest BCUT2D eigenvalue weighted by molar-refractivity contribution is -0.132. The monoisotopic (exact) mass is 357 g/mol. The van der Waals surface area contributed by atoms with Gasteiger partial charge in [-0.15, -0.1) is 0 Å². The molecule has 138 valence electrons. The first-order valence-corrected chi connectivity index (χ1v) is 8.86. The second-order valence-electron chi connectivity index (χ2n) is 6.39. The van der Waals surface area contributed by atoms with Gasteiger partial charge in [0.2, 0.25) is 5.91 Å². The number of rotatable bonds is 7. The highest BCUT2D eigenvalue weighted by molar-refractivity contribution is 5.86. The molecule has 0 aliphatic carbocycles. The number of aromatic carboxylic acids is 1. The topological polar surface area (TPSA) is 84.7 Å². The molecule has 1 aliphatic rings. The smallest absolute Gasteiger partial charge is 0.338 e. The van der Waals surface area contributed by atoms with Gasteiger partial charge in [0.05, 0.1) is 24.4 Å². The summed E-state index contributed by atoms with van der Waals surface area (Å²) in [6.07, 6.45) is 5.66. The summed E-state index contributed by atoms with van der Waals surface area (Å²) in [6, 6.07) is 9.72. The van der Waals surface area contributed by atoms with Crippen LogP contribution in [-0.4, -0.2) is 51.4 Å². The number of nitrogens with zero attached hydrogens (tertiary/aromatic N) is 3. The number of carbonyl (C=O) groups excluding carboxylic acids is 1. The van der Waals surface area contributed by atoms with Gasteiger partial charge in [-0.2, -0.15) is 5.10 Å². The number of hydrogen-bond donors (Lipinski definition) is 1. The predicted molar refractivity (Wildman–Crippen MR) is 95.2 cm³/mol. The van der Waals surface area contributed by atoms with Gasteiger partial charge in [0.1, 0.15) is 5.75 Å². The van der Waals surface area contributed by atoms with Crippen molar-refractivity contribution in [1.29, 1.82) is 0 Å². The van der Waals surface area contributed by atoms with E-state index >= 15 is 0 Å². The summed E-state index contributed by atoms with van der Waals surface area (Å²) in [5, 5.41) is 13.1. The van der Waals surface area contributed by atoms with Crippen molar-refractivity contribution in [2.45, 2.75) is 31.7 Å². The second-order valence-corrected chi connectivity index (χ2v) is 6.39. The van der Waals surface area contributed by atoms with Gasteiger partial charge in [-0.25, -0.2) is 4.79 Å². The molecule has 0 saturated carbocycles. The highest BCUT2D eigenvalue weighted by Crippen LogP contribution is 2.23. The number of carboxylic acid groups (broad SMARTS) is 1. The van der Waals surface area contributed by atoms with Crippen molar-refractivity contribution in [1.82, 2.24) is 14.7 Å². The van der Waals surface area contributed by atoms with E-state index in [9.17, 15) is 9.59 Å². The van der Waals surface area contributed by atoms with Crippen molar-refractivity contribution in [2.75, 3.05) is 19.7 Å². The van der Waals surface area contributed by atoms with Crippen molar-refractivity contribution < 1.29 is 19.4 Å². The Labute approximate surface area is 152 Å². The Balaban J connectivity index is 1.38. The van der Waals surface area contributed by atoms with Crippen LogP contribution in [0, 0.1) is 0 Å². The molecule has 7 nitrogen and oxygen atoms in total. The summed E-state index contributed by atoms with van der Waals surface area (Å²) in [5.41, 5.74) is 0.196. The van der Waals surface area contributed by atoms with E-state index in [1.807, 2.05) is 35.2 Å². The van der Waals surface area contributed by atoms with Gasteiger partial charge in [0.25, 0.3) is 0 Å². The number of amides is 1. The summed E-state index contributed by atoms with van der Waals surface area (Å²) >= 11 is 0. The van der Waals surface area contributed by atoms with E-state index in [1.54, 1.807) is 10.9 Å². The lowest BCUT2D eigenvalue weighted by Crippen LogP contribution is -2.39. The molecule has 3 rings (SSSR count). The molecule has 1 saturated heterocycles. The fourth-order valence-electron chi connectivity index (χ4n) is 3.12. The van der Waals surface area contributed by atoms with Crippen LogP contribution in [0.15, 0.2) is 42.7 Å². The van der Waals surface area contributed by atoms with E-state index in [0.29, 0.717) is 32.5 Å². The van der Waals surface area contributed by atoms with Crippen molar-refractivity contribution in [3.05, 3.63) is 48.3 Å². The van der Waals surface area contributed by atoms with Crippen LogP contribution in [0.5, 0.6) is 5.75 Å². The Morgan fingerprint density at radius 3 is 2.58 bits per heavy atom. The van der Waals surface area contributed by atoms with Gasteiger partial charge < -0.3 is 14.7 Å². The molecule has 1 aromatic carbocycles. The Morgan fingerprint density at radius 1 is 1.19 bits per heavy atom. The number of carboxylic acids is 1. The number of benzene rings is 1. The molecule has 26 heavy (non-hydrogen) atoms. The van der Waals surface area contributed by atoms with Gasteiger partial charge in [-0.3, -0.25) is 9.48 Å². The normalized spacial score (nSPS) is 15.0. The molecule has 0 bridgehead atoms. The Hall–Kier alpha value is -2.83. The van der Waals surface area contributed by atoms with Crippen LogP contribution in [-0.2, 0) is 4.79 Å². The molecule has 0 atom stereocenters. The molecular formula is C19H23N3O4. The number of aromatic nitrogens is 2. The van der Waals surface area contributed by atoms with Crippen molar-refractivity contribution in [3.8, 4) is 5.75 Å². The zero-order valence-corrected chi connectivity index (χ0v) is 14.6. The highest BCUT2D eigenvalue weighted by Gasteiger charge is 2.24. The number of hydrogen-bond acceptors (Lipinski definition) is 4. The lowest BCUT2D eigenvalue weighted by Gasteiger charge is -2.32. The Morgan fingerprint density at radius 2 is 1.92 bits per heavy atom. The summed E-state index contributed by atoms with van der Waals surface area (Å²) in [7, 11) is 0. The number of ether oxygens (including phenoxy) is 1. The third-order valence-corrected chi connectivity index (χ3v) is 4.59. The van der Waals surface area contributed by atoms with E-state index < -0.39 is 5.97 Å². The summed E-state index contributed by atoms with van der Waals surface area (Å²) < 4.78 is 7.32. The maximum Gasteiger partial charge on any atom is 0.338 e. The highest BCUT2D eigenvalue weighted by atomic mass is 16.5. The maximum absolute atomic E-state index is 12.3. The second kappa shape index (κ2) is 8.51. The summed E-state index contributed by atoms with van der Waals surface area (Å²) in [6.45, 7) is 1.87. The quantitative estimate of drug-likeness (QED) is 0.770. The maximum atomic E-state index is 12.3. The minimum absolute atomic E-state index is 0.145. The van der Waals surface area contributed by atoms with Crippen LogP contribution in [0.1, 0.15) is 42.1 Å². The number of carbonyl (C=O) groups is 2. The van der Waals surface area contributed by atoms with Crippen molar-refractivity contribution in [3.63, 3.8) is 0 Å². The average molecular weight is 357 g/mol. The molecule has 0 spiro atoms. The summed E-state index contributed by atoms with van der Waals surface area (Å²) in [4.78, 5) is 25.1. The van der Waals surface area contributed by atoms with Crippen LogP contribution in [0.4, 0.5) is 0 Å². The SMILES string of the molecule is O=C(O)c1cnn(C2CCN(C(=O)CCCOc3ccccc3)CC2)c1. The first-order chi connectivity index (χ1) is 12.6. The molecular weight excluding hydrogens is 334 g/mol. The van der Waals surface area contributed by atoms with Crippen LogP contribution >= 0.6 is 0 Å².